The third-order valence-electron chi connectivity index (χ3n) is 4.63. The third-order valence-corrected chi connectivity index (χ3v) is 4.63. The van der Waals surface area contributed by atoms with E-state index in [9.17, 15) is 4.79 Å². The normalized spacial score (nSPS) is 24.4. The van der Waals surface area contributed by atoms with Crippen molar-refractivity contribution in [3.05, 3.63) is 0 Å². The molecule has 2 atom stereocenters. The lowest BCUT2D eigenvalue weighted by molar-refractivity contribution is -0.148. The van der Waals surface area contributed by atoms with Gasteiger partial charge in [0.2, 0.25) is 0 Å². The molecule has 1 aliphatic heterocycles. The minimum absolute atomic E-state index is 0.173. The molecule has 0 radical (unpaired) electrons. The van der Waals surface area contributed by atoms with E-state index in [0.29, 0.717) is 6.04 Å². The van der Waals surface area contributed by atoms with Crippen molar-refractivity contribution in [1.29, 1.82) is 0 Å². The van der Waals surface area contributed by atoms with Crippen molar-refractivity contribution in [2.75, 3.05) is 47.4 Å². The molecule has 5 heteroatoms. The van der Waals surface area contributed by atoms with Crippen LogP contribution < -0.4 is 5.32 Å². The number of nitrogens with zero attached hydrogens (tertiary/aromatic N) is 2. The van der Waals surface area contributed by atoms with E-state index in [1.54, 1.807) is 0 Å². The summed E-state index contributed by atoms with van der Waals surface area (Å²) in [4.78, 5) is 16.7. The summed E-state index contributed by atoms with van der Waals surface area (Å²) in [6, 6.07) is 0.640. The molecule has 5 nitrogen and oxygen atoms in total. The molecular weight excluding hydrogens is 254 g/mol. The molecule has 20 heavy (non-hydrogen) atoms. The van der Waals surface area contributed by atoms with Gasteiger partial charge in [-0.3, -0.25) is 4.79 Å². The fourth-order valence-electron chi connectivity index (χ4n) is 2.70. The highest BCUT2D eigenvalue weighted by molar-refractivity contribution is 5.80. The van der Waals surface area contributed by atoms with Crippen LogP contribution >= 0.6 is 0 Å². The minimum Gasteiger partial charge on any atom is -0.468 e. The fourth-order valence-corrected chi connectivity index (χ4v) is 2.70. The van der Waals surface area contributed by atoms with E-state index in [1.165, 1.54) is 7.11 Å². The highest BCUT2D eigenvalue weighted by Crippen LogP contribution is 2.16. The van der Waals surface area contributed by atoms with Crippen molar-refractivity contribution < 1.29 is 9.53 Å². The zero-order chi connectivity index (χ0) is 15.2. The van der Waals surface area contributed by atoms with Crippen molar-refractivity contribution in [1.82, 2.24) is 15.1 Å². The van der Waals surface area contributed by atoms with Gasteiger partial charge in [0.15, 0.2) is 0 Å². The van der Waals surface area contributed by atoms with Crippen LogP contribution in [0.25, 0.3) is 0 Å². The van der Waals surface area contributed by atoms with Gasteiger partial charge in [-0.1, -0.05) is 0 Å². The predicted octanol–water partition coefficient (Wildman–Crippen LogP) is 0.944. The average Bonchev–Trinajstić information content (AvgIpc) is 2.46. The van der Waals surface area contributed by atoms with E-state index in [-0.39, 0.29) is 5.97 Å². The lowest BCUT2D eigenvalue weighted by atomic mass is 9.95. The minimum atomic E-state index is -0.551. The summed E-state index contributed by atoms with van der Waals surface area (Å²) in [7, 11) is 5.46. The first-order valence-electron chi connectivity index (χ1n) is 7.63. The number of carbonyl (C=O) groups is 1. The average molecular weight is 285 g/mol. The van der Waals surface area contributed by atoms with Crippen LogP contribution in [-0.2, 0) is 9.53 Å². The van der Waals surface area contributed by atoms with Crippen molar-refractivity contribution in [3.63, 3.8) is 0 Å². The molecule has 0 aromatic rings. The maximum atomic E-state index is 11.7. The first-order valence-corrected chi connectivity index (χ1v) is 7.63. The molecular formula is C15H31N3O2. The van der Waals surface area contributed by atoms with Crippen LogP contribution in [0.1, 0.15) is 33.1 Å². The molecule has 1 heterocycles. The van der Waals surface area contributed by atoms with Gasteiger partial charge in [0.25, 0.3) is 0 Å². The monoisotopic (exact) mass is 285 g/mol. The molecule has 0 aliphatic carbocycles. The number of likely N-dealkylation sites (N-methyl/N-ethyl adjacent to an activating group) is 2. The largest absolute Gasteiger partial charge is 0.468 e. The SMILES string of the molecule is CNC(C)(CCCCN1CCN(C)C(C)C1)C(=O)OC. The molecule has 0 bridgehead atoms. The molecule has 1 aliphatic rings. The first-order chi connectivity index (χ1) is 9.42. The summed E-state index contributed by atoms with van der Waals surface area (Å²) in [5, 5.41) is 3.09. The van der Waals surface area contributed by atoms with E-state index >= 15 is 0 Å². The Balaban J connectivity index is 2.26. The molecule has 1 rings (SSSR count). The molecule has 0 aromatic carbocycles. The number of nitrogens with one attached hydrogen (secondary N) is 1. The summed E-state index contributed by atoms with van der Waals surface area (Å²) in [5.74, 6) is -0.173. The Hall–Kier alpha value is -0.650. The number of carbonyl (C=O) groups excluding carboxylic acids is 1. The number of hydrogen-bond donors (Lipinski definition) is 1. The van der Waals surface area contributed by atoms with Gasteiger partial charge < -0.3 is 19.9 Å². The second-order valence-corrected chi connectivity index (χ2v) is 6.16. The number of piperazine rings is 1. The van der Waals surface area contributed by atoms with Crippen molar-refractivity contribution in [3.8, 4) is 0 Å². The second-order valence-electron chi connectivity index (χ2n) is 6.16. The zero-order valence-corrected chi connectivity index (χ0v) is 13.7. The van der Waals surface area contributed by atoms with Gasteiger partial charge in [0, 0.05) is 25.7 Å². The Morgan fingerprint density at radius 1 is 1.40 bits per heavy atom. The number of hydrogen-bond acceptors (Lipinski definition) is 5. The maximum Gasteiger partial charge on any atom is 0.325 e. The van der Waals surface area contributed by atoms with Crippen molar-refractivity contribution in [2.24, 2.45) is 0 Å². The Bertz CT molecular complexity index is 311. The molecule has 1 N–H and O–H groups in total. The summed E-state index contributed by atoms with van der Waals surface area (Å²) in [5.41, 5.74) is -0.551. The zero-order valence-electron chi connectivity index (χ0n) is 13.7. The summed E-state index contributed by atoms with van der Waals surface area (Å²) < 4.78 is 4.86. The van der Waals surface area contributed by atoms with Crippen LogP contribution in [0.4, 0.5) is 0 Å². The van der Waals surface area contributed by atoms with E-state index in [0.717, 1.165) is 45.4 Å². The molecule has 1 saturated heterocycles. The van der Waals surface area contributed by atoms with Crippen LogP contribution in [-0.4, -0.2) is 74.7 Å². The van der Waals surface area contributed by atoms with E-state index in [2.05, 4.69) is 29.1 Å². The highest BCUT2D eigenvalue weighted by Gasteiger charge is 2.31. The fraction of sp³-hybridized carbons (Fsp3) is 0.933. The standard InChI is InChI=1S/C15H31N3O2/c1-13-12-18(11-10-17(13)4)9-7-6-8-15(2,16-3)14(19)20-5/h13,16H,6-12H2,1-5H3. The van der Waals surface area contributed by atoms with Gasteiger partial charge in [0.05, 0.1) is 7.11 Å². The van der Waals surface area contributed by atoms with Crippen LogP contribution in [0.2, 0.25) is 0 Å². The first kappa shape index (κ1) is 17.4. The molecule has 1 fully saturated rings. The molecule has 118 valence electrons. The third kappa shape index (κ3) is 4.72. The highest BCUT2D eigenvalue weighted by atomic mass is 16.5. The van der Waals surface area contributed by atoms with Crippen LogP contribution in [0.5, 0.6) is 0 Å². The second kappa shape index (κ2) is 7.96. The Morgan fingerprint density at radius 2 is 2.10 bits per heavy atom. The van der Waals surface area contributed by atoms with Gasteiger partial charge in [0.1, 0.15) is 5.54 Å². The number of ether oxygens (including phenoxy) is 1. The molecule has 0 amide bonds. The van der Waals surface area contributed by atoms with Crippen molar-refractivity contribution >= 4 is 5.97 Å². The van der Waals surface area contributed by atoms with E-state index < -0.39 is 5.54 Å². The predicted molar refractivity (Wildman–Crippen MR) is 81.9 cm³/mol. The Labute approximate surface area is 123 Å². The maximum absolute atomic E-state index is 11.7. The summed E-state index contributed by atoms with van der Waals surface area (Å²) >= 11 is 0. The number of methoxy groups -OCH3 is 1. The lowest BCUT2D eigenvalue weighted by Crippen LogP contribution is -2.50. The van der Waals surface area contributed by atoms with Gasteiger partial charge in [-0.15, -0.1) is 0 Å². The van der Waals surface area contributed by atoms with Crippen molar-refractivity contribution in [2.45, 2.75) is 44.7 Å². The number of unbranched alkanes of at least 4 members (excludes halogenated alkanes) is 1. The number of esters is 1. The molecule has 2 unspecified atom stereocenters. The Kier molecular flexibility index (Phi) is 6.92. The smallest absolute Gasteiger partial charge is 0.325 e. The van der Waals surface area contributed by atoms with Crippen LogP contribution in [0.3, 0.4) is 0 Å². The van der Waals surface area contributed by atoms with Gasteiger partial charge in [-0.05, 0) is 53.8 Å². The lowest BCUT2D eigenvalue weighted by Gasteiger charge is -2.37. The number of rotatable bonds is 7. The molecule has 0 spiro atoms. The topological polar surface area (TPSA) is 44.8 Å². The van der Waals surface area contributed by atoms with E-state index in [1.807, 2.05) is 14.0 Å². The molecule has 0 aromatic heterocycles. The quantitative estimate of drug-likeness (QED) is 0.557. The Morgan fingerprint density at radius 3 is 2.65 bits per heavy atom. The van der Waals surface area contributed by atoms with Gasteiger partial charge >= 0.3 is 5.97 Å². The summed E-state index contributed by atoms with van der Waals surface area (Å²) in [6.07, 6.45) is 2.98. The van der Waals surface area contributed by atoms with Crippen LogP contribution in [0, 0.1) is 0 Å². The summed E-state index contributed by atoms with van der Waals surface area (Å²) in [6.45, 7) is 8.77. The van der Waals surface area contributed by atoms with Crippen LogP contribution in [0.15, 0.2) is 0 Å². The van der Waals surface area contributed by atoms with Gasteiger partial charge in [-0.2, -0.15) is 0 Å². The molecule has 0 saturated carbocycles. The van der Waals surface area contributed by atoms with E-state index in [4.69, 9.17) is 4.74 Å². The van der Waals surface area contributed by atoms with Gasteiger partial charge in [-0.25, -0.2) is 0 Å².